The van der Waals surface area contributed by atoms with Crippen LogP contribution in [0.2, 0.25) is 0 Å². The maximum absolute atomic E-state index is 13.4. The van der Waals surface area contributed by atoms with Gasteiger partial charge >= 0.3 is 18.4 Å². The Hall–Kier alpha value is -4.86. The number of alkyl halides is 6. The minimum absolute atomic E-state index is 0.0340. The number of Topliss-reactive ketones (excluding diaryl/α,β-unsaturated/α-hetero) is 1. The molecule has 0 saturated carbocycles. The van der Waals surface area contributed by atoms with Crippen molar-refractivity contribution in [1.29, 1.82) is 0 Å². The normalized spacial score (nSPS) is 17.1. The second-order valence-corrected chi connectivity index (χ2v) is 11.5. The minimum Gasteiger partial charge on any atom is -0.507 e. The summed E-state index contributed by atoms with van der Waals surface area (Å²) in [6, 6.07) is 7.28. The van der Waals surface area contributed by atoms with Gasteiger partial charge in [-0.15, -0.1) is 0 Å². The number of hydrogen-bond donors (Lipinski definition) is 3. The number of aryl methyl sites for hydroxylation is 1. The highest BCUT2D eigenvalue weighted by Gasteiger charge is 2.71. The second kappa shape index (κ2) is 13.0. The molecule has 1 aliphatic heterocycles. The second-order valence-electron chi connectivity index (χ2n) is 11.5. The largest absolute Gasteiger partial charge is 0.507 e. The molecule has 1 atom stereocenters. The number of nitrogens with one attached hydrogen (secondary N) is 1. The van der Waals surface area contributed by atoms with Crippen molar-refractivity contribution in [3.8, 4) is 23.0 Å². The van der Waals surface area contributed by atoms with E-state index in [4.69, 9.17) is 9.47 Å². The van der Waals surface area contributed by atoms with Crippen molar-refractivity contribution in [1.82, 2.24) is 15.2 Å². The summed E-state index contributed by atoms with van der Waals surface area (Å²) in [5.41, 5.74) is -8.40. The lowest BCUT2D eigenvalue weighted by atomic mass is 9.90. The Kier molecular flexibility index (Phi) is 9.73. The third kappa shape index (κ3) is 6.74. The molecule has 4 rings (SSSR count). The average Bonchev–Trinajstić information content (AvgIpc) is 3.20. The van der Waals surface area contributed by atoms with E-state index in [0.29, 0.717) is 22.8 Å². The van der Waals surface area contributed by atoms with Gasteiger partial charge in [0.05, 0.1) is 30.1 Å². The zero-order valence-electron chi connectivity index (χ0n) is 26.0. The number of ether oxygens (including phenoxy) is 2. The van der Waals surface area contributed by atoms with Crippen molar-refractivity contribution in [2.24, 2.45) is 0 Å². The first-order valence-corrected chi connectivity index (χ1v) is 14.5. The lowest BCUT2D eigenvalue weighted by Gasteiger charge is -2.33. The summed E-state index contributed by atoms with van der Waals surface area (Å²) in [7, 11) is 0. The van der Waals surface area contributed by atoms with E-state index in [1.165, 1.54) is 25.3 Å². The fraction of sp³-hybridized carbons (Fsp3) is 0.375. The van der Waals surface area contributed by atoms with E-state index < -0.39 is 59.1 Å². The van der Waals surface area contributed by atoms with Crippen LogP contribution in [0.1, 0.15) is 61.3 Å². The molecular formula is C32H31F6N3O7. The molecule has 3 aromatic rings. The van der Waals surface area contributed by atoms with Gasteiger partial charge in [0, 0.05) is 11.6 Å². The molecule has 0 unspecified atom stereocenters. The number of imide groups is 1. The van der Waals surface area contributed by atoms with E-state index in [-0.39, 0.29) is 47.3 Å². The van der Waals surface area contributed by atoms with Crippen molar-refractivity contribution in [3.05, 3.63) is 77.1 Å². The molecule has 1 fully saturated rings. The van der Waals surface area contributed by atoms with Gasteiger partial charge in [-0.3, -0.25) is 19.5 Å². The zero-order chi connectivity index (χ0) is 35.8. The average molecular weight is 684 g/mol. The molecule has 0 aliphatic carbocycles. The van der Waals surface area contributed by atoms with Crippen LogP contribution in [-0.2, 0) is 22.4 Å². The number of rotatable bonds is 11. The van der Waals surface area contributed by atoms with Gasteiger partial charge in [0.1, 0.15) is 23.0 Å². The van der Waals surface area contributed by atoms with Crippen molar-refractivity contribution < 1.29 is 60.4 Å². The fourth-order valence-corrected chi connectivity index (χ4v) is 5.06. The highest BCUT2D eigenvalue weighted by molar-refractivity contribution is 6.11. The predicted octanol–water partition coefficient (Wildman–Crippen LogP) is 6.28. The molecule has 10 nitrogen and oxygen atoms in total. The number of nitrogens with zero attached hydrogens (tertiary/aromatic N) is 2. The number of carbonyl (C=O) groups excluding carboxylic acids is 3. The number of amides is 3. The maximum atomic E-state index is 13.4. The molecule has 3 amide bonds. The van der Waals surface area contributed by atoms with E-state index in [1.54, 1.807) is 13.0 Å². The summed E-state index contributed by atoms with van der Waals surface area (Å²) in [5, 5.41) is 22.9. The molecule has 2 aromatic carbocycles. The lowest BCUT2D eigenvalue weighted by molar-refractivity contribution is -0.376. The number of hydrogen-bond acceptors (Lipinski definition) is 8. The Morgan fingerprint density at radius 2 is 1.65 bits per heavy atom. The van der Waals surface area contributed by atoms with Crippen molar-refractivity contribution >= 4 is 17.7 Å². The van der Waals surface area contributed by atoms with Gasteiger partial charge in [-0.05, 0) is 69.2 Å². The Morgan fingerprint density at radius 3 is 2.19 bits per heavy atom. The number of halogens is 6. The molecule has 1 saturated heterocycles. The number of pyridine rings is 1. The number of ketones is 1. The van der Waals surface area contributed by atoms with E-state index in [2.05, 4.69) is 10.3 Å². The molecule has 16 heteroatoms. The number of carbonyl (C=O) groups is 3. The van der Waals surface area contributed by atoms with Crippen LogP contribution in [0.3, 0.4) is 0 Å². The highest BCUT2D eigenvalue weighted by Crippen LogP contribution is 2.50. The first kappa shape index (κ1) is 36.0. The van der Waals surface area contributed by atoms with Crippen LogP contribution in [-0.4, -0.2) is 62.8 Å². The fourth-order valence-electron chi connectivity index (χ4n) is 5.06. The van der Waals surface area contributed by atoms with Crippen LogP contribution in [0.4, 0.5) is 31.1 Å². The highest BCUT2D eigenvalue weighted by atomic mass is 19.4. The summed E-state index contributed by atoms with van der Waals surface area (Å²) in [6.45, 7) is 5.91. The van der Waals surface area contributed by atoms with Crippen LogP contribution in [0.15, 0.2) is 54.7 Å². The van der Waals surface area contributed by atoms with Crippen LogP contribution in [0.5, 0.6) is 23.0 Å². The number of phenols is 1. The Labute approximate surface area is 270 Å². The summed E-state index contributed by atoms with van der Waals surface area (Å²) >= 11 is 0. The third-order valence-electron chi connectivity index (χ3n) is 7.51. The monoisotopic (exact) mass is 683 g/mol. The number of phenolic OH excluding ortho intramolecular Hbond substituents is 1. The summed E-state index contributed by atoms with van der Waals surface area (Å²) in [5.74, 6) is -2.13. The SMILES string of the molecule is CCCc1cc(C(O)(C(F)(F)F)C(F)(F)F)ccc1Oc1ccc(C(=O)CN2C(=O)N[C@@](C)(c3ccc(OC(C)C)cn3)C2=O)c(O)c1. The lowest BCUT2D eigenvalue weighted by Crippen LogP contribution is -2.53. The Bertz CT molecular complexity index is 1700. The molecule has 1 aromatic heterocycles. The van der Waals surface area contributed by atoms with Gasteiger partial charge < -0.3 is 25.0 Å². The number of benzene rings is 2. The molecule has 258 valence electrons. The molecule has 0 bridgehead atoms. The summed E-state index contributed by atoms with van der Waals surface area (Å²) in [6.07, 6.45) is -10.6. The van der Waals surface area contributed by atoms with Crippen molar-refractivity contribution in [3.63, 3.8) is 0 Å². The number of aliphatic hydroxyl groups is 1. The van der Waals surface area contributed by atoms with Gasteiger partial charge in [-0.25, -0.2) is 4.79 Å². The summed E-state index contributed by atoms with van der Waals surface area (Å²) in [4.78, 5) is 44.0. The Balaban J connectivity index is 1.53. The van der Waals surface area contributed by atoms with Crippen LogP contribution < -0.4 is 14.8 Å². The zero-order valence-corrected chi connectivity index (χ0v) is 26.0. The van der Waals surface area contributed by atoms with Crippen molar-refractivity contribution in [2.45, 2.75) is 70.1 Å². The molecule has 0 radical (unpaired) electrons. The molecular weight excluding hydrogens is 652 g/mol. The molecule has 2 heterocycles. The van der Waals surface area contributed by atoms with Gasteiger partial charge in [0.15, 0.2) is 11.3 Å². The Morgan fingerprint density at radius 1 is 1.00 bits per heavy atom. The van der Waals surface area contributed by atoms with Crippen molar-refractivity contribution in [2.75, 3.05) is 6.54 Å². The quantitative estimate of drug-likeness (QED) is 0.122. The molecule has 3 N–H and O–H groups in total. The number of aromatic hydroxyl groups is 1. The molecule has 0 spiro atoms. The van der Waals surface area contributed by atoms with Gasteiger partial charge in [0.2, 0.25) is 0 Å². The number of aromatic nitrogens is 1. The molecule has 1 aliphatic rings. The van der Waals surface area contributed by atoms with Crippen LogP contribution in [0, 0.1) is 0 Å². The van der Waals surface area contributed by atoms with Gasteiger partial charge in [0.25, 0.3) is 11.5 Å². The smallest absolute Gasteiger partial charge is 0.430 e. The minimum atomic E-state index is -6.07. The van der Waals surface area contributed by atoms with Crippen LogP contribution >= 0.6 is 0 Å². The van der Waals surface area contributed by atoms with E-state index in [1.807, 2.05) is 13.8 Å². The topological polar surface area (TPSA) is 138 Å². The van der Waals surface area contributed by atoms with E-state index in [9.17, 15) is 50.9 Å². The van der Waals surface area contributed by atoms with E-state index >= 15 is 0 Å². The number of urea groups is 1. The van der Waals surface area contributed by atoms with E-state index in [0.717, 1.165) is 18.2 Å². The first-order valence-electron chi connectivity index (χ1n) is 14.5. The summed E-state index contributed by atoms with van der Waals surface area (Å²) < 4.78 is 91.7. The predicted molar refractivity (Wildman–Crippen MR) is 157 cm³/mol. The van der Waals surface area contributed by atoms with Gasteiger partial charge in [-0.1, -0.05) is 19.4 Å². The third-order valence-corrected chi connectivity index (χ3v) is 7.51. The maximum Gasteiger partial charge on any atom is 0.430 e. The van der Waals surface area contributed by atoms with Gasteiger partial charge in [-0.2, -0.15) is 26.3 Å². The molecule has 48 heavy (non-hydrogen) atoms. The standard InChI is InChI=1S/C32H31F6N3O7/c1-5-6-18-13-19(30(46,31(33,34)35)32(36,37)38)7-11-25(18)48-20-8-10-22(23(42)14-20)24(43)16-41-27(44)29(4,40-28(41)45)26-12-9-21(15-39-26)47-17(2)3/h7-15,17,42,46H,5-6,16H2,1-4H3,(H,40,45)/t29-/m0/s1. The van der Waals surface area contributed by atoms with Crippen LogP contribution in [0.25, 0.3) is 0 Å². The first-order chi connectivity index (χ1) is 22.2.